The Morgan fingerprint density at radius 3 is 2.36 bits per heavy atom. The van der Waals surface area contributed by atoms with Gasteiger partial charge in [0.05, 0.1) is 35.2 Å². The summed E-state index contributed by atoms with van der Waals surface area (Å²) in [6, 6.07) is 20.8. The van der Waals surface area contributed by atoms with Crippen molar-refractivity contribution in [2.24, 2.45) is 0 Å². The fraction of sp³-hybridized carbons (Fsp3) is 0.439. The predicted octanol–water partition coefficient (Wildman–Crippen LogP) is 9.23. The molecule has 1 aliphatic carbocycles. The minimum Gasteiger partial charge on any atom is -0.463 e. The molecule has 0 fully saturated rings. The molecule has 0 spiro atoms. The molecule has 0 unspecified atom stereocenters. The summed E-state index contributed by atoms with van der Waals surface area (Å²) in [5.41, 5.74) is 6.94. The molecule has 4 aromatic rings. The fourth-order valence-corrected chi connectivity index (χ4v) is 10.1. The molecule has 266 valence electrons. The number of carbonyl (C=O) groups is 1. The number of fused-ring (bicyclic) bond motifs is 2. The minimum atomic E-state index is -3.93. The third kappa shape index (κ3) is 6.54. The molecular weight excluding hydrogens is 661 g/mol. The summed E-state index contributed by atoms with van der Waals surface area (Å²) in [6.45, 7) is 20.6. The van der Waals surface area contributed by atoms with Gasteiger partial charge in [-0.3, -0.25) is 4.90 Å². The molecule has 0 saturated carbocycles. The summed E-state index contributed by atoms with van der Waals surface area (Å²) in [5, 5.41) is 0.847. The van der Waals surface area contributed by atoms with Crippen molar-refractivity contribution >= 4 is 35.2 Å². The van der Waals surface area contributed by atoms with E-state index in [1.165, 1.54) is 20.7 Å². The number of rotatable bonds is 9. The van der Waals surface area contributed by atoms with Crippen LogP contribution in [0.25, 0.3) is 10.9 Å². The summed E-state index contributed by atoms with van der Waals surface area (Å²) in [5.74, 6) is -0.0218. The van der Waals surface area contributed by atoms with Gasteiger partial charge in [0.2, 0.25) is 0 Å². The Bertz CT molecular complexity index is 2040. The molecule has 3 aromatic carbocycles. The van der Waals surface area contributed by atoms with E-state index in [1.54, 1.807) is 18.3 Å². The number of esters is 1. The monoisotopic (exact) mass is 712 g/mol. The molecule has 0 bridgehead atoms. The summed E-state index contributed by atoms with van der Waals surface area (Å²) >= 11 is 0. The number of hydrogen-bond acceptors (Lipinski definition) is 6. The second-order valence-electron chi connectivity index (χ2n) is 15.7. The number of benzene rings is 3. The summed E-state index contributed by atoms with van der Waals surface area (Å²) in [7, 11) is -6.13. The van der Waals surface area contributed by atoms with Gasteiger partial charge in [-0.2, -0.15) is 0 Å². The zero-order chi connectivity index (χ0) is 36.2. The number of hydrogen-bond donors (Lipinski definition) is 0. The molecule has 3 atom stereocenters. The first-order valence-corrected chi connectivity index (χ1v) is 22.2. The van der Waals surface area contributed by atoms with E-state index in [0.29, 0.717) is 30.0 Å². The molecule has 6 rings (SSSR count). The average Bonchev–Trinajstić information content (AvgIpc) is 3.63. The van der Waals surface area contributed by atoms with Crippen LogP contribution in [0.1, 0.15) is 93.8 Å². The van der Waals surface area contributed by atoms with Crippen LogP contribution in [0.5, 0.6) is 0 Å². The van der Waals surface area contributed by atoms with E-state index in [2.05, 4.69) is 70.8 Å². The van der Waals surface area contributed by atoms with Crippen molar-refractivity contribution in [1.29, 1.82) is 0 Å². The van der Waals surface area contributed by atoms with Crippen molar-refractivity contribution in [3.05, 3.63) is 112 Å². The second-order valence-corrected chi connectivity index (χ2v) is 22.3. The molecule has 2 aliphatic rings. The van der Waals surface area contributed by atoms with E-state index < -0.39 is 24.4 Å². The third-order valence-corrected chi connectivity index (χ3v) is 17.2. The standard InChI is InChI=1S/C41H52N2O5SSi/c1-10-47-40(44)30-22-23-42(39-37(48-50(8,9)41(5,6)7)25-29-14-13-16-32(27(2)3)38(29)39)36(24-30)34-26-43(35-17-12-11-15-33(34)35)49(45,46)31-20-18-28(4)19-21-31/h11-21,24,26-27,36-37,39H,10,22-23,25H2,1-9H3/t36-,37+,39+/m0/s1. The summed E-state index contributed by atoms with van der Waals surface area (Å²) in [4.78, 5) is 16.0. The first kappa shape index (κ1) is 36.3. The first-order valence-electron chi connectivity index (χ1n) is 17.9. The summed E-state index contributed by atoms with van der Waals surface area (Å²) in [6.07, 6.45) is 5.02. The van der Waals surface area contributed by atoms with Gasteiger partial charge in [0.25, 0.3) is 10.0 Å². The highest BCUT2D eigenvalue weighted by atomic mass is 32.2. The Morgan fingerprint density at radius 1 is 1.00 bits per heavy atom. The minimum absolute atomic E-state index is 0.0171. The van der Waals surface area contributed by atoms with Crippen LogP contribution in [0.15, 0.2) is 89.5 Å². The second kappa shape index (κ2) is 13.6. The van der Waals surface area contributed by atoms with E-state index in [0.717, 1.165) is 22.9 Å². The zero-order valence-corrected chi connectivity index (χ0v) is 32.8. The lowest BCUT2D eigenvalue weighted by Crippen LogP contribution is -2.48. The van der Waals surface area contributed by atoms with Crippen LogP contribution in [0, 0.1) is 6.92 Å². The van der Waals surface area contributed by atoms with Gasteiger partial charge in [0.1, 0.15) is 0 Å². The summed E-state index contributed by atoms with van der Waals surface area (Å²) < 4.78 is 42.8. The van der Waals surface area contributed by atoms with Crippen LogP contribution in [-0.4, -0.2) is 50.8 Å². The Kier molecular flexibility index (Phi) is 9.84. The lowest BCUT2D eigenvalue weighted by atomic mass is 9.88. The maximum atomic E-state index is 14.3. The Labute approximate surface area is 299 Å². The van der Waals surface area contributed by atoms with E-state index >= 15 is 0 Å². The maximum Gasteiger partial charge on any atom is 0.333 e. The van der Waals surface area contributed by atoms with Crippen LogP contribution in [0.4, 0.5) is 0 Å². The van der Waals surface area contributed by atoms with Gasteiger partial charge in [-0.05, 0) is 91.2 Å². The molecule has 0 saturated heterocycles. The molecule has 50 heavy (non-hydrogen) atoms. The van der Waals surface area contributed by atoms with Gasteiger partial charge < -0.3 is 9.16 Å². The molecule has 2 heterocycles. The smallest absolute Gasteiger partial charge is 0.333 e. The van der Waals surface area contributed by atoms with Crippen LogP contribution in [0.2, 0.25) is 18.1 Å². The van der Waals surface area contributed by atoms with Crippen molar-refractivity contribution in [3.8, 4) is 0 Å². The molecular formula is C41H52N2O5SSi. The first-order chi connectivity index (χ1) is 23.5. The van der Waals surface area contributed by atoms with Crippen LogP contribution in [0.3, 0.4) is 0 Å². The Morgan fingerprint density at radius 2 is 1.70 bits per heavy atom. The fourth-order valence-electron chi connectivity index (χ4n) is 7.40. The average molecular weight is 713 g/mol. The highest BCUT2D eigenvalue weighted by Gasteiger charge is 2.48. The van der Waals surface area contributed by atoms with Gasteiger partial charge in [0, 0.05) is 23.7 Å². The highest BCUT2D eigenvalue weighted by Crippen LogP contribution is 2.50. The molecule has 1 aromatic heterocycles. The number of carbonyl (C=O) groups excluding carboxylic acids is 1. The Hall–Kier alpha value is -3.50. The van der Waals surface area contributed by atoms with Crippen molar-refractivity contribution in [3.63, 3.8) is 0 Å². The molecule has 0 radical (unpaired) electrons. The zero-order valence-electron chi connectivity index (χ0n) is 31.0. The predicted molar refractivity (Wildman–Crippen MR) is 204 cm³/mol. The van der Waals surface area contributed by atoms with Crippen LogP contribution < -0.4 is 0 Å². The van der Waals surface area contributed by atoms with E-state index in [9.17, 15) is 13.2 Å². The highest BCUT2D eigenvalue weighted by molar-refractivity contribution is 7.90. The van der Waals surface area contributed by atoms with E-state index in [-0.39, 0.29) is 34.7 Å². The van der Waals surface area contributed by atoms with Gasteiger partial charge in [-0.1, -0.05) is 94.8 Å². The van der Waals surface area contributed by atoms with Crippen molar-refractivity contribution in [2.45, 2.75) is 108 Å². The normalized spacial score (nSPS) is 20.3. The van der Waals surface area contributed by atoms with E-state index in [1.807, 2.05) is 56.3 Å². The molecule has 1 aliphatic heterocycles. The number of ether oxygens (including phenoxy) is 1. The van der Waals surface area contributed by atoms with Gasteiger partial charge >= 0.3 is 5.97 Å². The topological polar surface area (TPSA) is 77.8 Å². The van der Waals surface area contributed by atoms with Crippen LogP contribution in [-0.2, 0) is 30.4 Å². The number of nitrogens with zero attached hydrogens (tertiary/aromatic N) is 2. The molecule has 0 amide bonds. The van der Waals surface area contributed by atoms with Gasteiger partial charge in [-0.25, -0.2) is 17.2 Å². The largest absolute Gasteiger partial charge is 0.463 e. The SMILES string of the molecule is CCOC(=O)C1=C[C@@H](c2cn(S(=O)(=O)c3ccc(C)cc3)c3ccccc23)N([C@H]2c3c(cccc3C(C)C)C[C@H]2O[Si](C)(C)C(C)(C)C)CC1. The van der Waals surface area contributed by atoms with Gasteiger partial charge in [0.15, 0.2) is 8.32 Å². The van der Waals surface area contributed by atoms with Crippen LogP contribution >= 0.6 is 0 Å². The maximum absolute atomic E-state index is 14.3. The number of aromatic nitrogens is 1. The van der Waals surface area contributed by atoms with Crippen molar-refractivity contribution in [2.75, 3.05) is 13.2 Å². The molecule has 7 nitrogen and oxygen atoms in total. The van der Waals surface area contributed by atoms with Crippen molar-refractivity contribution in [1.82, 2.24) is 8.87 Å². The van der Waals surface area contributed by atoms with E-state index in [4.69, 9.17) is 9.16 Å². The quantitative estimate of drug-likeness (QED) is 0.127. The molecule has 0 N–H and O–H groups in total. The Balaban J connectivity index is 1.57. The molecule has 9 heteroatoms. The van der Waals surface area contributed by atoms with Gasteiger partial charge in [-0.15, -0.1) is 0 Å². The third-order valence-electron chi connectivity index (χ3n) is 11.0. The number of para-hydroxylation sites is 1. The van der Waals surface area contributed by atoms with Crippen molar-refractivity contribution < 1.29 is 22.4 Å². The lowest BCUT2D eigenvalue weighted by molar-refractivity contribution is -0.139. The number of aryl methyl sites for hydroxylation is 1. The lowest BCUT2D eigenvalue weighted by Gasteiger charge is -2.45.